The zero-order valence-electron chi connectivity index (χ0n) is 8.35. The third-order valence-corrected chi connectivity index (χ3v) is 2.22. The van der Waals surface area contributed by atoms with Crippen LogP contribution in [0.25, 0.3) is 11.1 Å². The van der Waals surface area contributed by atoms with Gasteiger partial charge in [-0.15, -0.1) is 0 Å². The van der Waals surface area contributed by atoms with Crippen molar-refractivity contribution in [1.29, 1.82) is 0 Å². The van der Waals surface area contributed by atoms with Crippen LogP contribution in [-0.2, 0) is 0 Å². The fourth-order valence-electron chi connectivity index (χ4n) is 1.44. The number of carbonyl (C=O) groups excluding carboxylic acids is 1. The fraction of sp³-hybridized carbons (Fsp3) is 0. The highest BCUT2D eigenvalue weighted by molar-refractivity contribution is 5.94. The maximum Gasteiger partial charge on any atom is 0.278 e. The van der Waals surface area contributed by atoms with Crippen molar-refractivity contribution in [3.8, 4) is 11.1 Å². The van der Waals surface area contributed by atoms with Crippen molar-refractivity contribution in [3.05, 3.63) is 54.4 Å². The smallest absolute Gasteiger partial charge is 0.267 e. The second kappa shape index (κ2) is 4.53. The van der Waals surface area contributed by atoms with Gasteiger partial charge >= 0.3 is 0 Å². The molecule has 0 spiro atoms. The van der Waals surface area contributed by atoms with Crippen LogP contribution in [-0.4, -0.2) is 10.9 Å². The van der Waals surface area contributed by atoms with Crippen molar-refractivity contribution in [2.45, 2.75) is 0 Å². The summed E-state index contributed by atoms with van der Waals surface area (Å²) in [5.74, 6) is -0.740. The summed E-state index contributed by atoms with van der Waals surface area (Å²) >= 11 is 0. The van der Waals surface area contributed by atoms with E-state index in [1.165, 1.54) is 0 Å². The van der Waals surface area contributed by atoms with Gasteiger partial charge in [-0.1, -0.05) is 16.6 Å². The third kappa shape index (κ3) is 2.06. The van der Waals surface area contributed by atoms with Crippen LogP contribution in [0.4, 0.5) is 4.48 Å². The number of hydrogen-bond donors (Lipinski definition) is 1. The minimum Gasteiger partial charge on any atom is -0.267 e. The topological polar surface area (TPSA) is 42.0 Å². The normalized spacial score (nSPS) is 9.81. The quantitative estimate of drug-likeness (QED) is 0.783. The van der Waals surface area contributed by atoms with E-state index in [2.05, 4.69) is 4.98 Å². The average Bonchev–Trinajstić information content (AvgIpc) is 2.39. The Balaban J connectivity index is 2.40. The molecular formula is C12H9FN2O. The lowest BCUT2D eigenvalue weighted by atomic mass is 10.0. The first-order valence-electron chi connectivity index (χ1n) is 4.72. The van der Waals surface area contributed by atoms with E-state index in [9.17, 15) is 9.28 Å². The van der Waals surface area contributed by atoms with E-state index in [1.54, 1.807) is 30.6 Å². The molecule has 80 valence electrons. The number of rotatable bonds is 2. The maximum atomic E-state index is 12.0. The highest BCUT2D eigenvalue weighted by Crippen LogP contribution is 2.19. The summed E-state index contributed by atoms with van der Waals surface area (Å²) in [7, 11) is 0. The van der Waals surface area contributed by atoms with Crippen molar-refractivity contribution < 1.29 is 9.28 Å². The Labute approximate surface area is 91.9 Å². The Morgan fingerprint density at radius 2 is 1.88 bits per heavy atom. The van der Waals surface area contributed by atoms with Gasteiger partial charge in [-0.25, -0.2) is 0 Å². The first-order chi connectivity index (χ1) is 7.81. The molecule has 0 radical (unpaired) electrons. The average molecular weight is 216 g/mol. The Morgan fingerprint density at radius 3 is 2.56 bits per heavy atom. The summed E-state index contributed by atoms with van der Waals surface area (Å²) in [5.41, 5.74) is 3.18. The van der Waals surface area contributed by atoms with Gasteiger partial charge in [0.1, 0.15) is 0 Å². The summed E-state index contributed by atoms with van der Waals surface area (Å²) in [5, 5.41) is 0. The predicted octanol–water partition coefficient (Wildman–Crippen LogP) is 2.36. The van der Waals surface area contributed by atoms with Gasteiger partial charge in [0, 0.05) is 18.0 Å². The van der Waals surface area contributed by atoms with E-state index in [1.807, 2.05) is 18.2 Å². The molecule has 3 nitrogen and oxygen atoms in total. The summed E-state index contributed by atoms with van der Waals surface area (Å²) in [6.07, 6.45) is 3.33. The third-order valence-electron chi connectivity index (χ3n) is 2.22. The van der Waals surface area contributed by atoms with Gasteiger partial charge in [0.2, 0.25) is 0 Å². The predicted molar refractivity (Wildman–Crippen MR) is 58.2 cm³/mol. The van der Waals surface area contributed by atoms with Gasteiger partial charge < -0.3 is 0 Å². The lowest BCUT2D eigenvalue weighted by Crippen LogP contribution is -2.13. The summed E-state index contributed by atoms with van der Waals surface area (Å²) in [6, 6.07) is 10.4. The standard InChI is InChI=1S/C12H9FN2O/c13-15-12(16)11-3-1-2-10(8-11)9-4-6-14-7-5-9/h1-8H,(H,15,16). The van der Waals surface area contributed by atoms with Gasteiger partial charge in [-0.3, -0.25) is 9.78 Å². The van der Waals surface area contributed by atoms with Crippen molar-refractivity contribution in [1.82, 2.24) is 10.5 Å². The number of hydrogen-bond acceptors (Lipinski definition) is 2. The SMILES string of the molecule is O=C(NF)c1cccc(-c2ccncc2)c1. The van der Waals surface area contributed by atoms with Crippen molar-refractivity contribution in [2.24, 2.45) is 0 Å². The summed E-state index contributed by atoms with van der Waals surface area (Å²) < 4.78 is 12.0. The van der Waals surface area contributed by atoms with Crippen LogP contribution >= 0.6 is 0 Å². The number of halogens is 1. The van der Waals surface area contributed by atoms with Crippen LogP contribution in [0.1, 0.15) is 10.4 Å². The molecule has 1 amide bonds. The van der Waals surface area contributed by atoms with E-state index in [0.29, 0.717) is 0 Å². The molecule has 0 aliphatic rings. The van der Waals surface area contributed by atoms with Crippen molar-refractivity contribution >= 4 is 5.91 Å². The Kier molecular flexibility index (Phi) is 2.91. The largest absolute Gasteiger partial charge is 0.278 e. The van der Waals surface area contributed by atoms with Crippen molar-refractivity contribution in [3.63, 3.8) is 0 Å². The molecule has 1 heterocycles. The lowest BCUT2D eigenvalue weighted by Gasteiger charge is -2.03. The Morgan fingerprint density at radius 1 is 1.12 bits per heavy atom. The molecule has 16 heavy (non-hydrogen) atoms. The Bertz CT molecular complexity index is 499. The lowest BCUT2D eigenvalue weighted by molar-refractivity contribution is 0.0859. The highest BCUT2D eigenvalue weighted by atomic mass is 19.2. The number of carbonyl (C=O) groups is 1. The van der Waals surface area contributed by atoms with Gasteiger partial charge in [-0.05, 0) is 35.4 Å². The monoisotopic (exact) mass is 216 g/mol. The molecular weight excluding hydrogens is 207 g/mol. The van der Waals surface area contributed by atoms with Crippen LogP contribution in [0.3, 0.4) is 0 Å². The van der Waals surface area contributed by atoms with E-state index >= 15 is 0 Å². The van der Waals surface area contributed by atoms with Gasteiger partial charge in [0.05, 0.1) is 0 Å². The van der Waals surface area contributed by atoms with E-state index in [4.69, 9.17) is 0 Å². The van der Waals surface area contributed by atoms with Crippen molar-refractivity contribution in [2.75, 3.05) is 0 Å². The molecule has 1 aromatic heterocycles. The number of nitrogens with one attached hydrogen (secondary N) is 1. The molecule has 1 aromatic carbocycles. The van der Waals surface area contributed by atoms with Gasteiger partial charge in [0.25, 0.3) is 5.91 Å². The molecule has 0 saturated heterocycles. The number of nitrogens with zero attached hydrogens (tertiary/aromatic N) is 1. The number of amides is 1. The molecule has 0 fully saturated rings. The highest BCUT2D eigenvalue weighted by Gasteiger charge is 2.05. The summed E-state index contributed by atoms with van der Waals surface area (Å²) in [4.78, 5) is 15.0. The molecule has 0 bridgehead atoms. The minimum atomic E-state index is -0.740. The zero-order chi connectivity index (χ0) is 11.4. The van der Waals surface area contributed by atoms with Crippen LogP contribution in [0, 0.1) is 0 Å². The summed E-state index contributed by atoms with van der Waals surface area (Å²) in [6.45, 7) is 0. The number of benzene rings is 1. The molecule has 0 saturated carbocycles. The Hall–Kier alpha value is -2.23. The van der Waals surface area contributed by atoms with E-state index in [-0.39, 0.29) is 5.56 Å². The molecule has 4 heteroatoms. The maximum absolute atomic E-state index is 12.0. The fourth-order valence-corrected chi connectivity index (χ4v) is 1.44. The van der Waals surface area contributed by atoms with Crippen LogP contribution in [0.5, 0.6) is 0 Å². The van der Waals surface area contributed by atoms with Crippen LogP contribution in [0.2, 0.25) is 0 Å². The minimum absolute atomic E-state index is 0.289. The molecule has 2 aromatic rings. The van der Waals surface area contributed by atoms with Gasteiger partial charge in [0.15, 0.2) is 0 Å². The number of pyridine rings is 1. The molecule has 2 rings (SSSR count). The second-order valence-electron chi connectivity index (χ2n) is 3.24. The molecule has 0 unspecified atom stereocenters. The van der Waals surface area contributed by atoms with Crippen LogP contribution in [0.15, 0.2) is 48.8 Å². The van der Waals surface area contributed by atoms with Crippen LogP contribution < -0.4 is 5.54 Å². The molecule has 0 atom stereocenters. The first kappa shape index (κ1) is 10.3. The van der Waals surface area contributed by atoms with E-state index in [0.717, 1.165) is 16.7 Å². The first-order valence-corrected chi connectivity index (χ1v) is 4.72. The van der Waals surface area contributed by atoms with E-state index < -0.39 is 5.91 Å². The molecule has 1 N–H and O–H groups in total. The molecule has 0 aliphatic heterocycles. The van der Waals surface area contributed by atoms with Gasteiger partial charge in [-0.2, -0.15) is 5.54 Å². The number of aromatic nitrogens is 1. The zero-order valence-corrected chi connectivity index (χ0v) is 8.35. The second-order valence-corrected chi connectivity index (χ2v) is 3.24. The molecule has 0 aliphatic carbocycles.